The zero-order valence-electron chi connectivity index (χ0n) is 14.2. The van der Waals surface area contributed by atoms with Crippen LogP contribution >= 0.6 is 11.6 Å². The minimum absolute atomic E-state index is 0.387. The van der Waals surface area contributed by atoms with Crippen molar-refractivity contribution in [3.8, 4) is 6.07 Å². The predicted octanol–water partition coefficient (Wildman–Crippen LogP) is 3.45. The van der Waals surface area contributed by atoms with Gasteiger partial charge < -0.3 is 14.6 Å². The highest BCUT2D eigenvalue weighted by Gasteiger charge is 2.52. The van der Waals surface area contributed by atoms with Crippen LogP contribution in [0.2, 0.25) is 5.02 Å². The second-order valence-electron chi connectivity index (χ2n) is 6.69. The van der Waals surface area contributed by atoms with Crippen molar-refractivity contribution in [2.45, 2.75) is 38.9 Å². The summed E-state index contributed by atoms with van der Waals surface area (Å²) in [6.45, 7) is 8.74. The minimum Gasteiger partial charge on any atom is -0.400 e. The second kappa shape index (κ2) is 6.66. The topological polar surface area (TPSA) is 54.3 Å². The van der Waals surface area contributed by atoms with Crippen LogP contribution in [0.25, 0.3) is 6.08 Å². The summed E-state index contributed by atoms with van der Waals surface area (Å²) >= 11 is 5.99. The Balaban J connectivity index is 2.34. The van der Waals surface area contributed by atoms with E-state index in [9.17, 15) is 0 Å². The van der Waals surface area contributed by atoms with Gasteiger partial charge in [-0.3, -0.25) is 0 Å². The minimum atomic E-state index is -0.423. The van der Waals surface area contributed by atoms with Gasteiger partial charge in [-0.1, -0.05) is 23.7 Å². The fraction of sp³-hybridized carbons (Fsp3) is 0.471. The predicted molar refractivity (Wildman–Crippen MR) is 94.2 cm³/mol. The van der Waals surface area contributed by atoms with Crippen LogP contribution in [0, 0.1) is 11.3 Å². The van der Waals surface area contributed by atoms with Gasteiger partial charge in [-0.05, 0) is 57.9 Å². The molecule has 0 unspecified atom stereocenters. The lowest BCUT2D eigenvalue weighted by molar-refractivity contribution is 0.00578. The smallest absolute Gasteiger partial charge is 0.400 e. The summed E-state index contributed by atoms with van der Waals surface area (Å²) in [7, 11) is 1.45. The van der Waals surface area contributed by atoms with Gasteiger partial charge in [-0.15, -0.1) is 0 Å². The Morgan fingerprint density at radius 3 is 2.43 bits per heavy atom. The molecule has 1 heterocycles. The number of benzene rings is 1. The van der Waals surface area contributed by atoms with Crippen LogP contribution in [0.15, 0.2) is 23.7 Å². The van der Waals surface area contributed by atoms with Crippen LogP contribution < -0.4 is 5.32 Å². The molecular weight excluding hydrogens is 310 g/mol. The van der Waals surface area contributed by atoms with E-state index in [1.807, 2.05) is 46.9 Å². The van der Waals surface area contributed by atoms with Crippen LogP contribution in [-0.2, 0) is 9.31 Å². The Kier molecular flexibility index (Phi) is 5.22. The average Bonchev–Trinajstić information content (AvgIpc) is 2.69. The number of hydrogen-bond acceptors (Lipinski definition) is 4. The molecule has 0 spiro atoms. The quantitative estimate of drug-likeness (QED) is 0.858. The number of rotatable bonds is 4. The van der Waals surface area contributed by atoms with Gasteiger partial charge in [0.2, 0.25) is 0 Å². The molecule has 1 aliphatic rings. The lowest BCUT2D eigenvalue weighted by Gasteiger charge is -2.32. The van der Waals surface area contributed by atoms with E-state index in [2.05, 4.69) is 11.4 Å². The van der Waals surface area contributed by atoms with Crippen molar-refractivity contribution in [2.75, 3.05) is 13.6 Å². The molecule has 6 heteroatoms. The maximum absolute atomic E-state index is 9.11. The molecule has 1 fully saturated rings. The van der Waals surface area contributed by atoms with E-state index >= 15 is 0 Å². The third-order valence-corrected chi connectivity index (χ3v) is 4.73. The van der Waals surface area contributed by atoms with E-state index < -0.39 is 7.12 Å². The molecule has 1 aromatic rings. The van der Waals surface area contributed by atoms with Gasteiger partial charge in [0.15, 0.2) is 0 Å². The van der Waals surface area contributed by atoms with Gasteiger partial charge in [0.25, 0.3) is 0 Å². The summed E-state index contributed by atoms with van der Waals surface area (Å²) in [5.74, 6) is 0. The molecule has 2 rings (SSSR count). The third-order valence-electron chi connectivity index (χ3n) is 4.40. The van der Waals surface area contributed by atoms with E-state index in [4.69, 9.17) is 26.2 Å². The van der Waals surface area contributed by atoms with Gasteiger partial charge in [0.1, 0.15) is 6.07 Å². The average molecular weight is 333 g/mol. The highest BCUT2D eigenvalue weighted by atomic mass is 35.5. The van der Waals surface area contributed by atoms with E-state index in [0.717, 1.165) is 11.0 Å². The van der Waals surface area contributed by atoms with Crippen LogP contribution in [-0.4, -0.2) is 31.9 Å². The van der Waals surface area contributed by atoms with E-state index in [0.29, 0.717) is 17.1 Å². The van der Waals surface area contributed by atoms with Gasteiger partial charge >= 0.3 is 7.12 Å². The van der Waals surface area contributed by atoms with E-state index in [1.54, 1.807) is 12.1 Å². The van der Waals surface area contributed by atoms with Crippen molar-refractivity contribution in [1.82, 2.24) is 5.32 Å². The first-order chi connectivity index (χ1) is 10.7. The highest BCUT2D eigenvalue weighted by molar-refractivity contribution is 6.55. The number of likely N-dealkylation sites (N-methyl/N-ethyl adjacent to an activating group) is 1. The summed E-state index contributed by atoms with van der Waals surface area (Å²) in [5.41, 5.74) is 1.55. The number of nitrogens with one attached hydrogen (secondary N) is 1. The lowest BCUT2D eigenvalue weighted by Crippen LogP contribution is -2.41. The van der Waals surface area contributed by atoms with Crippen molar-refractivity contribution >= 4 is 24.8 Å². The third kappa shape index (κ3) is 3.78. The summed E-state index contributed by atoms with van der Waals surface area (Å²) in [4.78, 5) is 0. The fourth-order valence-corrected chi connectivity index (χ4v) is 2.49. The zero-order valence-corrected chi connectivity index (χ0v) is 15.0. The molecule has 1 N–H and O–H groups in total. The number of halogens is 1. The second-order valence-corrected chi connectivity index (χ2v) is 7.10. The normalized spacial score (nSPS) is 19.7. The molecule has 1 saturated heterocycles. The first-order valence-corrected chi connectivity index (χ1v) is 7.98. The van der Waals surface area contributed by atoms with E-state index in [1.165, 1.54) is 0 Å². The molecular formula is C17H22BClN2O2. The van der Waals surface area contributed by atoms with Gasteiger partial charge in [-0.25, -0.2) is 0 Å². The number of nitriles is 1. The molecule has 0 atom stereocenters. The van der Waals surface area contributed by atoms with Crippen LogP contribution in [0.1, 0.15) is 38.8 Å². The molecule has 0 amide bonds. The zero-order chi connectivity index (χ0) is 17.3. The maximum atomic E-state index is 9.11. The van der Waals surface area contributed by atoms with Gasteiger partial charge in [0.05, 0.1) is 21.8 Å². The maximum Gasteiger partial charge on any atom is 0.491 e. The largest absolute Gasteiger partial charge is 0.491 e. The van der Waals surface area contributed by atoms with Crippen molar-refractivity contribution in [3.63, 3.8) is 0 Å². The molecule has 1 aliphatic heterocycles. The SMILES string of the molecule is CNCC(=Cc1ccc(Cl)c(C#N)c1)B1OC(C)(C)C(C)(C)O1. The van der Waals surface area contributed by atoms with Crippen molar-refractivity contribution in [2.24, 2.45) is 0 Å². The Bertz CT molecular complexity index is 649. The van der Waals surface area contributed by atoms with Crippen molar-refractivity contribution in [1.29, 1.82) is 5.26 Å². The molecule has 0 aliphatic carbocycles. The van der Waals surface area contributed by atoms with E-state index in [-0.39, 0.29) is 11.2 Å². The van der Waals surface area contributed by atoms with Crippen LogP contribution in [0.3, 0.4) is 0 Å². The standard InChI is InChI=1S/C17H22BClN2O2/c1-16(2)17(3,4)23-18(22-16)14(11-21-5)9-12-6-7-15(19)13(8-12)10-20/h6-9,21H,11H2,1-5H3. The summed E-state index contributed by atoms with van der Waals surface area (Å²) < 4.78 is 12.2. The molecule has 0 saturated carbocycles. The first kappa shape index (κ1) is 18.0. The molecule has 122 valence electrons. The summed E-state index contributed by atoms with van der Waals surface area (Å²) in [6, 6.07) is 7.47. The fourth-order valence-electron chi connectivity index (χ4n) is 2.33. The highest BCUT2D eigenvalue weighted by Crippen LogP contribution is 2.38. The van der Waals surface area contributed by atoms with Gasteiger partial charge in [-0.2, -0.15) is 5.26 Å². The monoisotopic (exact) mass is 332 g/mol. The van der Waals surface area contributed by atoms with Gasteiger partial charge in [0, 0.05) is 6.54 Å². The van der Waals surface area contributed by atoms with Crippen molar-refractivity contribution in [3.05, 3.63) is 39.8 Å². The first-order valence-electron chi connectivity index (χ1n) is 7.60. The molecule has 0 aromatic heterocycles. The molecule has 1 aromatic carbocycles. The van der Waals surface area contributed by atoms with Crippen LogP contribution in [0.5, 0.6) is 0 Å². The molecule has 0 radical (unpaired) electrons. The molecule has 23 heavy (non-hydrogen) atoms. The Labute approximate surface area is 143 Å². The van der Waals surface area contributed by atoms with Crippen molar-refractivity contribution < 1.29 is 9.31 Å². The Morgan fingerprint density at radius 2 is 1.91 bits per heavy atom. The summed E-state index contributed by atoms with van der Waals surface area (Å²) in [6.07, 6.45) is 1.98. The number of hydrogen-bond donors (Lipinski definition) is 1. The lowest BCUT2D eigenvalue weighted by atomic mass is 9.77. The summed E-state index contributed by atoms with van der Waals surface area (Å²) in [5, 5.41) is 12.7. The number of nitrogens with zero attached hydrogens (tertiary/aromatic N) is 1. The molecule has 4 nitrogen and oxygen atoms in total. The Morgan fingerprint density at radius 1 is 1.30 bits per heavy atom. The Hall–Kier alpha value is -1.32. The molecule has 0 bridgehead atoms. The van der Waals surface area contributed by atoms with Crippen LogP contribution in [0.4, 0.5) is 0 Å².